The summed E-state index contributed by atoms with van der Waals surface area (Å²) in [5.41, 5.74) is 1.55. The Balaban J connectivity index is 1.58. The van der Waals surface area contributed by atoms with Crippen LogP contribution in [0.2, 0.25) is 0 Å². The highest BCUT2D eigenvalue weighted by Crippen LogP contribution is 2.33. The van der Waals surface area contributed by atoms with E-state index in [0.717, 1.165) is 12.8 Å². The molecule has 1 aliphatic carbocycles. The van der Waals surface area contributed by atoms with Crippen LogP contribution in [0.1, 0.15) is 65.0 Å². The fourth-order valence-electron chi connectivity index (χ4n) is 3.14. The van der Waals surface area contributed by atoms with Gasteiger partial charge in [0, 0.05) is 11.6 Å². The van der Waals surface area contributed by atoms with Gasteiger partial charge in [0.2, 0.25) is 0 Å². The number of carbonyl (C=O) groups excluding carboxylic acids is 1. The molecule has 1 aromatic carbocycles. The highest BCUT2D eigenvalue weighted by Gasteiger charge is 2.33. The summed E-state index contributed by atoms with van der Waals surface area (Å²) in [7, 11) is 0. The van der Waals surface area contributed by atoms with Crippen molar-refractivity contribution >= 4 is 6.09 Å². The Bertz CT molecular complexity index is 820. The number of aromatic nitrogens is 3. The first-order chi connectivity index (χ1) is 12.6. The SMILES string of the molecule is CC(C)c1ccc(-c2cn(C3CC(NC(=O)OC(C)(C)C)C3)nn2)cc1F. The highest BCUT2D eigenvalue weighted by atomic mass is 19.1. The molecule has 2 aromatic rings. The second-order valence-electron chi connectivity index (χ2n) is 8.44. The summed E-state index contributed by atoms with van der Waals surface area (Å²) in [6, 6.07) is 5.43. The molecule has 6 nitrogen and oxygen atoms in total. The smallest absolute Gasteiger partial charge is 0.407 e. The molecular weight excluding hydrogens is 347 g/mol. The lowest BCUT2D eigenvalue weighted by atomic mass is 9.87. The number of carbonyl (C=O) groups is 1. The van der Waals surface area contributed by atoms with Crippen LogP contribution < -0.4 is 5.32 Å². The second kappa shape index (κ2) is 7.29. The van der Waals surface area contributed by atoms with Crippen LogP contribution in [-0.4, -0.2) is 32.7 Å². The van der Waals surface area contributed by atoms with E-state index < -0.39 is 11.7 Å². The van der Waals surface area contributed by atoms with Gasteiger partial charge >= 0.3 is 6.09 Å². The number of nitrogens with zero attached hydrogens (tertiary/aromatic N) is 3. The Labute approximate surface area is 159 Å². The van der Waals surface area contributed by atoms with Crippen LogP contribution in [-0.2, 0) is 4.74 Å². The van der Waals surface area contributed by atoms with Gasteiger partial charge in [-0.1, -0.05) is 31.2 Å². The standard InChI is InChI=1S/C20H27FN4O2/c1-12(2)16-7-6-13(8-17(16)21)18-11-25(24-23-18)15-9-14(10-15)22-19(26)27-20(3,4)5/h6-8,11-12,14-15H,9-10H2,1-5H3,(H,22,26). The van der Waals surface area contributed by atoms with Crippen LogP contribution in [0.25, 0.3) is 11.3 Å². The molecule has 0 radical (unpaired) electrons. The molecule has 1 heterocycles. The van der Waals surface area contributed by atoms with Crippen molar-refractivity contribution in [1.82, 2.24) is 20.3 Å². The van der Waals surface area contributed by atoms with Gasteiger partial charge in [-0.25, -0.2) is 13.9 Å². The topological polar surface area (TPSA) is 69.0 Å². The summed E-state index contributed by atoms with van der Waals surface area (Å²) in [5, 5.41) is 11.2. The van der Waals surface area contributed by atoms with E-state index in [1.54, 1.807) is 10.7 Å². The minimum atomic E-state index is -0.506. The number of hydrogen-bond acceptors (Lipinski definition) is 4. The van der Waals surface area contributed by atoms with E-state index in [9.17, 15) is 9.18 Å². The molecule has 0 spiro atoms. The maximum atomic E-state index is 14.2. The fourth-order valence-corrected chi connectivity index (χ4v) is 3.14. The zero-order valence-electron chi connectivity index (χ0n) is 16.5. The summed E-state index contributed by atoms with van der Waals surface area (Å²) in [4.78, 5) is 11.8. The Kier molecular flexibility index (Phi) is 5.22. The van der Waals surface area contributed by atoms with Crippen LogP contribution in [0.15, 0.2) is 24.4 Å². The van der Waals surface area contributed by atoms with Gasteiger partial charge in [0.15, 0.2) is 0 Å². The van der Waals surface area contributed by atoms with Crippen molar-refractivity contribution in [3.8, 4) is 11.3 Å². The number of halogens is 1. The predicted molar refractivity (Wildman–Crippen MR) is 101 cm³/mol. The number of alkyl carbamates (subject to hydrolysis) is 1. The maximum absolute atomic E-state index is 14.2. The molecule has 0 aliphatic heterocycles. The minimum Gasteiger partial charge on any atom is -0.444 e. The molecule has 1 saturated carbocycles. The number of amides is 1. The molecule has 3 rings (SSSR count). The Morgan fingerprint density at radius 3 is 2.63 bits per heavy atom. The van der Waals surface area contributed by atoms with Gasteiger partial charge in [0.25, 0.3) is 0 Å². The summed E-state index contributed by atoms with van der Waals surface area (Å²) >= 11 is 0. The van der Waals surface area contributed by atoms with Gasteiger partial charge in [-0.3, -0.25) is 0 Å². The lowest BCUT2D eigenvalue weighted by Gasteiger charge is -2.35. The van der Waals surface area contributed by atoms with Crippen LogP contribution in [0.3, 0.4) is 0 Å². The van der Waals surface area contributed by atoms with Crippen LogP contribution in [0.5, 0.6) is 0 Å². The first-order valence-corrected chi connectivity index (χ1v) is 9.33. The van der Waals surface area contributed by atoms with Crippen molar-refractivity contribution in [3.63, 3.8) is 0 Å². The second-order valence-corrected chi connectivity index (χ2v) is 8.44. The lowest BCUT2D eigenvalue weighted by Crippen LogP contribution is -2.46. The average molecular weight is 374 g/mol. The van der Waals surface area contributed by atoms with Crippen molar-refractivity contribution in [2.75, 3.05) is 0 Å². The number of ether oxygens (including phenoxy) is 1. The number of rotatable bonds is 4. The molecule has 1 aliphatic rings. The minimum absolute atomic E-state index is 0.0697. The number of benzene rings is 1. The normalized spacial score (nSPS) is 19.7. The van der Waals surface area contributed by atoms with Gasteiger partial charge in [-0.15, -0.1) is 5.10 Å². The Morgan fingerprint density at radius 1 is 1.33 bits per heavy atom. The molecule has 1 N–H and O–H groups in total. The zero-order chi connectivity index (χ0) is 19.8. The maximum Gasteiger partial charge on any atom is 0.407 e. The van der Waals surface area contributed by atoms with Crippen LogP contribution in [0, 0.1) is 5.82 Å². The van der Waals surface area contributed by atoms with Gasteiger partial charge in [-0.2, -0.15) is 0 Å². The van der Waals surface area contributed by atoms with E-state index in [-0.39, 0.29) is 23.8 Å². The molecule has 27 heavy (non-hydrogen) atoms. The quantitative estimate of drug-likeness (QED) is 0.859. The van der Waals surface area contributed by atoms with E-state index in [4.69, 9.17) is 4.74 Å². The van der Waals surface area contributed by atoms with E-state index in [1.165, 1.54) is 6.07 Å². The third-order valence-electron chi connectivity index (χ3n) is 4.64. The van der Waals surface area contributed by atoms with Gasteiger partial charge in [-0.05, 0) is 51.2 Å². The molecule has 0 bridgehead atoms. The van der Waals surface area contributed by atoms with Crippen molar-refractivity contribution < 1.29 is 13.9 Å². The third-order valence-corrected chi connectivity index (χ3v) is 4.64. The third kappa shape index (κ3) is 4.64. The van der Waals surface area contributed by atoms with Gasteiger partial charge < -0.3 is 10.1 Å². The van der Waals surface area contributed by atoms with Gasteiger partial charge in [0.05, 0.1) is 12.2 Å². The molecule has 0 unspecified atom stereocenters. The van der Waals surface area contributed by atoms with Crippen molar-refractivity contribution in [1.29, 1.82) is 0 Å². The molecule has 7 heteroatoms. The Hall–Kier alpha value is -2.44. The average Bonchev–Trinajstić information content (AvgIpc) is 2.97. The first kappa shape index (κ1) is 19.3. The molecule has 1 amide bonds. The highest BCUT2D eigenvalue weighted by molar-refractivity contribution is 5.68. The monoisotopic (exact) mass is 374 g/mol. The van der Waals surface area contributed by atoms with Crippen LogP contribution >= 0.6 is 0 Å². The summed E-state index contributed by atoms with van der Waals surface area (Å²) in [6.45, 7) is 9.44. The van der Waals surface area contributed by atoms with Crippen molar-refractivity contribution in [2.45, 2.75) is 71.1 Å². The molecule has 0 saturated heterocycles. The predicted octanol–water partition coefficient (Wildman–Crippen LogP) is 4.44. The number of nitrogens with one attached hydrogen (secondary N) is 1. The van der Waals surface area contributed by atoms with E-state index in [1.807, 2.05) is 46.9 Å². The van der Waals surface area contributed by atoms with E-state index in [2.05, 4.69) is 15.6 Å². The largest absolute Gasteiger partial charge is 0.444 e. The molecule has 1 fully saturated rings. The van der Waals surface area contributed by atoms with Crippen LogP contribution in [0.4, 0.5) is 9.18 Å². The van der Waals surface area contributed by atoms with Crippen molar-refractivity contribution in [3.05, 3.63) is 35.8 Å². The lowest BCUT2D eigenvalue weighted by molar-refractivity contribution is 0.0452. The summed E-state index contributed by atoms with van der Waals surface area (Å²) in [5.74, 6) is -0.0820. The molecular formula is C20H27FN4O2. The fraction of sp³-hybridized carbons (Fsp3) is 0.550. The molecule has 1 aromatic heterocycles. The van der Waals surface area contributed by atoms with Gasteiger partial charge in [0.1, 0.15) is 17.1 Å². The summed E-state index contributed by atoms with van der Waals surface area (Å²) < 4.78 is 21.3. The van der Waals surface area contributed by atoms with Crippen molar-refractivity contribution in [2.24, 2.45) is 0 Å². The summed E-state index contributed by atoms with van der Waals surface area (Å²) in [6.07, 6.45) is 2.97. The van der Waals surface area contributed by atoms with E-state index >= 15 is 0 Å². The zero-order valence-corrected chi connectivity index (χ0v) is 16.5. The molecule has 146 valence electrons. The Morgan fingerprint density at radius 2 is 2.04 bits per heavy atom. The van der Waals surface area contributed by atoms with E-state index in [0.29, 0.717) is 16.8 Å². The molecule has 0 atom stereocenters. The first-order valence-electron chi connectivity index (χ1n) is 9.33. The number of hydrogen-bond donors (Lipinski definition) is 1.